The molecule has 0 heterocycles. The van der Waals surface area contributed by atoms with Gasteiger partial charge in [0.1, 0.15) is 5.82 Å². The fraction of sp³-hybridized carbons (Fsp3) is 0.667. The molecule has 2 atom stereocenters. The van der Waals surface area contributed by atoms with Gasteiger partial charge in [0.2, 0.25) is 0 Å². The Morgan fingerprint density at radius 2 is 1.67 bits per heavy atom. The molecule has 0 aromatic heterocycles. The Labute approximate surface area is 129 Å². The maximum absolute atomic E-state index is 14.0. The van der Waals surface area contributed by atoms with E-state index in [9.17, 15) is 4.39 Å². The SMILES string of the molecule is CC(C)CNCC(C(C)C)N(C)C(C)c1ccccc1F. The molecule has 21 heavy (non-hydrogen) atoms. The second-order valence-corrected chi connectivity index (χ2v) is 6.73. The van der Waals surface area contributed by atoms with E-state index in [1.165, 1.54) is 0 Å². The van der Waals surface area contributed by atoms with Crippen LogP contribution in [0, 0.1) is 17.7 Å². The largest absolute Gasteiger partial charge is 0.315 e. The van der Waals surface area contributed by atoms with Crippen molar-refractivity contribution >= 4 is 0 Å². The molecular weight excluding hydrogens is 263 g/mol. The Morgan fingerprint density at radius 3 is 2.19 bits per heavy atom. The molecule has 1 N–H and O–H groups in total. The molecule has 0 fully saturated rings. The monoisotopic (exact) mass is 294 g/mol. The molecule has 0 bridgehead atoms. The Hall–Kier alpha value is -0.930. The Morgan fingerprint density at radius 1 is 1.05 bits per heavy atom. The molecule has 1 aromatic rings. The second kappa shape index (κ2) is 8.50. The molecule has 2 unspecified atom stereocenters. The molecule has 0 aliphatic heterocycles. The Kier molecular flexibility index (Phi) is 7.33. The number of nitrogens with zero attached hydrogens (tertiary/aromatic N) is 1. The first-order valence-electron chi connectivity index (χ1n) is 8.01. The molecule has 120 valence electrons. The molecule has 2 nitrogen and oxygen atoms in total. The van der Waals surface area contributed by atoms with Crippen molar-refractivity contribution in [1.29, 1.82) is 0 Å². The fourth-order valence-corrected chi connectivity index (χ4v) is 2.69. The molecule has 3 heteroatoms. The van der Waals surface area contributed by atoms with Crippen LogP contribution in [0.3, 0.4) is 0 Å². The number of hydrogen-bond acceptors (Lipinski definition) is 2. The summed E-state index contributed by atoms with van der Waals surface area (Å²) in [7, 11) is 2.10. The van der Waals surface area contributed by atoms with Crippen molar-refractivity contribution in [2.45, 2.75) is 46.7 Å². The third-order valence-corrected chi connectivity index (χ3v) is 4.16. The van der Waals surface area contributed by atoms with Crippen molar-refractivity contribution in [3.63, 3.8) is 0 Å². The third kappa shape index (κ3) is 5.40. The first-order valence-corrected chi connectivity index (χ1v) is 8.01. The van der Waals surface area contributed by atoms with Gasteiger partial charge in [-0.25, -0.2) is 4.39 Å². The third-order valence-electron chi connectivity index (χ3n) is 4.16. The van der Waals surface area contributed by atoms with Crippen LogP contribution in [0.4, 0.5) is 4.39 Å². The summed E-state index contributed by atoms with van der Waals surface area (Å²) in [5, 5.41) is 3.53. The lowest BCUT2D eigenvalue weighted by Crippen LogP contribution is -2.45. The quantitative estimate of drug-likeness (QED) is 0.777. The van der Waals surface area contributed by atoms with Gasteiger partial charge in [-0.2, -0.15) is 0 Å². The number of benzene rings is 1. The van der Waals surface area contributed by atoms with E-state index in [0.29, 0.717) is 17.9 Å². The molecule has 0 aliphatic rings. The predicted molar refractivity (Wildman–Crippen MR) is 88.9 cm³/mol. The van der Waals surface area contributed by atoms with Crippen LogP contribution in [-0.4, -0.2) is 31.1 Å². The highest BCUT2D eigenvalue weighted by Crippen LogP contribution is 2.25. The van der Waals surface area contributed by atoms with Gasteiger partial charge in [-0.1, -0.05) is 45.9 Å². The van der Waals surface area contributed by atoms with E-state index in [1.54, 1.807) is 12.1 Å². The summed E-state index contributed by atoms with van der Waals surface area (Å²) in [6, 6.07) is 7.54. The zero-order chi connectivity index (χ0) is 16.0. The van der Waals surface area contributed by atoms with Gasteiger partial charge >= 0.3 is 0 Å². The number of nitrogens with one attached hydrogen (secondary N) is 1. The fourth-order valence-electron chi connectivity index (χ4n) is 2.69. The lowest BCUT2D eigenvalue weighted by Gasteiger charge is -2.36. The van der Waals surface area contributed by atoms with Crippen molar-refractivity contribution in [2.24, 2.45) is 11.8 Å². The number of rotatable bonds is 8. The zero-order valence-corrected chi connectivity index (χ0v) is 14.4. The van der Waals surface area contributed by atoms with Gasteiger partial charge in [-0.05, 0) is 38.4 Å². The standard InChI is InChI=1S/C18H31FN2/c1-13(2)11-20-12-18(14(3)4)21(6)15(5)16-9-7-8-10-17(16)19/h7-10,13-15,18,20H,11-12H2,1-6H3. The Balaban J connectivity index is 2.76. The minimum absolute atomic E-state index is 0.0689. The second-order valence-electron chi connectivity index (χ2n) is 6.73. The number of likely N-dealkylation sites (N-methyl/N-ethyl adjacent to an activating group) is 1. The van der Waals surface area contributed by atoms with Crippen LogP contribution in [0.5, 0.6) is 0 Å². The molecule has 0 saturated heterocycles. The number of halogens is 1. The predicted octanol–water partition coefficient (Wildman–Crippen LogP) is 4.09. The molecule has 1 rings (SSSR count). The average molecular weight is 294 g/mol. The molecule has 0 saturated carbocycles. The average Bonchev–Trinajstić information content (AvgIpc) is 2.42. The van der Waals surface area contributed by atoms with Crippen molar-refractivity contribution in [3.05, 3.63) is 35.6 Å². The van der Waals surface area contributed by atoms with Gasteiger partial charge in [0.05, 0.1) is 0 Å². The Bertz CT molecular complexity index is 417. The summed E-state index contributed by atoms with van der Waals surface area (Å²) >= 11 is 0. The minimum atomic E-state index is -0.116. The van der Waals surface area contributed by atoms with E-state index >= 15 is 0 Å². The van der Waals surface area contributed by atoms with Crippen LogP contribution in [0.1, 0.15) is 46.2 Å². The minimum Gasteiger partial charge on any atom is -0.315 e. The van der Waals surface area contributed by atoms with Gasteiger partial charge in [-0.3, -0.25) is 4.90 Å². The highest BCUT2D eigenvalue weighted by atomic mass is 19.1. The van der Waals surface area contributed by atoms with Crippen molar-refractivity contribution < 1.29 is 4.39 Å². The lowest BCUT2D eigenvalue weighted by atomic mass is 9.98. The van der Waals surface area contributed by atoms with E-state index in [-0.39, 0.29) is 11.9 Å². The highest BCUT2D eigenvalue weighted by molar-refractivity contribution is 5.20. The smallest absolute Gasteiger partial charge is 0.127 e. The lowest BCUT2D eigenvalue weighted by molar-refractivity contribution is 0.139. The first-order chi connectivity index (χ1) is 9.84. The van der Waals surface area contributed by atoms with Gasteiger partial charge in [0.25, 0.3) is 0 Å². The summed E-state index contributed by atoms with van der Waals surface area (Å²) in [5.74, 6) is 1.05. The van der Waals surface area contributed by atoms with Crippen LogP contribution < -0.4 is 5.32 Å². The van der Waals surface area contributed by atoms with Gasteiger partial charge in [0, 0.05) is 24.2 Å². The van der Waals surface area contributed by atoms with E-state index in [4.69, 9.17) is 0 Å². The summed E-state index contributed by atoms with van der Waals surface area (Å²) < 4.78 is 14.0. The summed E-state index contributed by atoms with van der Waals surface area (Å²) in [4.78, 5) is 2.29. The van der Waals surface area contributed by atoms with Crippen LogP contribution in [0.15, 0.2) is 24.3 Å². The molecule has 0 radical (unpaired) electrons. The van der Waals surface area contributed by atoms with Crippen LogP contribution in [-0.2, 0) is 0 Å². The zero-order valence-electron chi connectivity index (χ0n) is 14.4. The van der Waals surface area contributed by atoms with Crippen LogP contribution in [0.25, 0.3) is 0 Å². The van der Waals surface area contributed by atoms with E-state index in [0.717, 1.165) is 18.7 Å². The van der Waals surface area contributed by atoms with E-state index < -0.39 is 0 Å². The maximum atomic E-state index is 14.0. The van der Waals surface area contributed by atoms with Crippen molar-refractivity contribution in [2.75, 3.05) is 20.1 Å². The maximum Gasteiger partial charge on any atom is 0.127 e. The molecule has 0 spiro atoms. The molecular formula is C18H31FN2. The summed E-state index contributed by atoms with van der Waals surface area (Å²) in [6.07, 6.45) is 0. The van der Waals surface area contributed by atoms with Gasteiger partial charge < -0.3 is 5.32 Å². The topological polar surface area (TPSA) is 15.3 Å². The molecule has 1 aromatic carbocycles. The summed E-state index contributed by atoms with van der Waals surface area (Å²) in [6.45, 7) is 12.9. The van der Waals surface area contributed by atoms with Crippen molar-refractivity contribution in [1.82, 2.24) is 10.2 Å². The van der Waals surface area contributed by atoms with Gasteiger partial charge in [0.15, 0.2) is 0 Å². The normalized spacial score (nSPS) is 15.0. The number of hydrogen-bond donors (Lipinski definition) is 1. The van der Waals surface area contributed by atoms with E-state index in [2.05, 4.69) is 51.9 Å². The highest BCUT2D eigenvalue weighted by Gasteiger charge is 2.24. The molecule has 0 amide bonds. The molecule has 0 aliphatic carbocycles. The van der Waals surface area contributed by atoms with Crippen LogP contribution in [0.2, 0.25) is 0 Å². The first kappa shape index (κ1) is 18.1. The van der Waals surface area contributed by atoms with Gasteiger partial charge in [-0.15, -0.1) is 0 Å². The van der Waals surface area contributed by atoms with Crippen LogP contribution >= 0.6 is 0 Å². The summed E-state index contributed by atoms with van der Waals surface area (Å²) in [5.41, 5.74) is 0.773. The van der Waals surface area contributed by atoms with Crippen molar-refractivity contribution in [3.8, 4) is 0 Å². The van der Waals surface area contributed by atoms with E-state index in [1.807, 2.05) is 12.1 Å².